The van der Waals surface area contributed by atoms with Crippen LogP contribution < -0.4 is 10.5 Å². The van der Waals surface area contributed by atoms with Crippen LogP contribution in [0.5, 0.6) is 5.75 Å². The number of ether oxygens (including phenoxy) is 1. The summed E-state index contributed by atoms with van der Waals surface area (Å²) >= 11 is 5.94. The van der Waals surface area contributed by atoms with Gasteiger partial charge in [0.15, 0.2) is 0 Å². The number of hydrogen-bond acceptors (Lipinski definition) is 4. The fourth-order valence-electron chi connectivity index (χ4n) is 2.22. The molecule has 0 saturated carbocycles. The molecule has 1 saturated heterocycles. The summed E-state index contributed by atoms with van der Waals surface area (Å²) in [6.45, 7) is 0.630. The molecule has 1 aliphatic rings. The van der Waals surface area contributed by atoms with Crippen molar-refractivity contribution in [1.29, 1.82) is 5.26 Å². The van der Waals surface area contributed by atoms with Gasteiger partial charge in [-0.2, -0.15) is 5.26 Å². The number of hydrogen-bond donors (Lipinski definition) is 1. The summed E-state index contributed by atoms with van der Waals surface area (Å²) in [6, 6.07) is 6.61. The summed E-state index contributed by atoms with van der Waals surface area (Å²) in [5.74, 6) is 0.249. The van der Waals surface area contributed by atoms with Gasteiger partial charge in [0.05, 0.1) is 16.6 Å². The summed E-state index contributed by atoms with van der Waals surface area (Å²) in [5.41, 5.74) is 5.72. The molecule has 0 aliphatic carbocycles. The first-order valence-corrected chi connectivity index (χ1v) is 6.25. The van der Waals surface area contributed by atoms with E-state index >= 15 is 0 Å². The third-order valence-electron chi connectivity index (χ3n) is 3.20. The van der Waals surface area contributed by atoms with Gasteiger partial charge < -0.3 is 10.5 Å². The normalized spacial score (nSPS) is 23.0. The molecular weight excluding hydrogens is 266 g/mol. The highest BCUT2D eigenvalue weighted by atomic mass is 35.5. The van der Waals surface area contributed by atoms with Gasteiger partial charge in [0.2, 0.25) is 5.91 Å². The Morgan fingerprint density at radius 3 is 2.89 bits per heavy atom. The van der Waals surface area contributed by atoms with Crippen LogP contribution in [0.1, 0.15) is 12.0 Å². The minimum atomic E-state index is -0.341. The van der Waals surface area contributed by atoms with Gasteiger partial charge in [-0.3, -0.25) is 9.69 Å². The number of benzene rings is 1. The number of likely N-dealkylation sites (N-methyl/N-ethyl adjacent to an activating group) is 1. The van der Waals surface area contributed by atoms with E-state index in [0.29, 0.717) is 29.3 Å². The van der Waals surface area contributed by atoms with Gasteiger partial charge in [-0.25, -0.2) is 0 Å². The number of primary amides is 1. The molecule has 5 nitrogen and oxygen atoms in total. The van der Waals surface area contributed by atoms with E-state index in [9.17, 15) is 4.79 Å². The zero-order chi connectivity index (χ0) is 14.0. The van der Waals surface area contributed by atoms with Gasteiger partial charge in [-0.15, -0.1) is 0 Å². The van der Waals surface area contributed by atoms with Crippen LogP contribution in [-0.2, 0) is 4.79 Å². The second kappa shape index (κ2) is 5.47. The van der Waals surface area contributed by atoms with Crippen LogP contribution in [0.2, 0.25) is 5.02 Å². The quantitative estimate of drug-likeness (QED) is 0.900. The molecule has 2 N–H and O–H groups in total. The summed E-state index contributed by atoms with van der Waals surface area (Å²) in [4.78, 5) is 13.1. The van der Waals surface area contributed by atoms with Crippen LogP contribution >= 0.6 is 11.6 Å². The number of nitrogens with two attached hydrogens (primary N) is 1. The molecule has 0 bridgehead atoms. The highest BCUT2D eigenvalue weighted by Crippen LogP contribution is 2.26. The lowest BCUT2D eigenvalue weighted by atomic mass is 10.2. The maximum Gasteiger partial charge on any atom is 0.234 e. The molecule has 2 unspecified atom stereocenters. The summed E-state index contributed by atoms with van der Waals surface area (Å²) < 4.78 is 5.76. The van der Waals surface area contributed by atoms with Gasteiger partial charge in [-0.1, -0.05) is 11.6 Å². The van der Waals surface area contributed by atoms with Crippen LogP contribution in [0.4, 0.5) is 0 Å². The van der Waals surface area contributed by atoms with Gasteiger partial charge in [-0.05, 0) is 19.2 Å². The van der Waals surface area contributed by atoms with Crippen molar-refractivity contribution in [3.05, 3.63) is 28.8 Å². The van der Waals surface area contributed by atoms with E-state index in [0.717, 1.165) is 0 Å². The minimum Gasteiger partial charge on any atom is -0.489 e. The Hall–Kier alpha value is -1.77. The molecule has 1 aliphatic heterocycles. The molecule has 0 aromatic heterocycles. The third-order valence-corrected chi connectivity index (χ3v) is 3.51. The first-order valence-electron chi connectivity index (χ1n) is 5.87. The molecular formula is C13H14ClN3O2. The second-order valence-electron chi connectivity index (χ2n) is 4.59. The Morgan fingerprint density at radius 2 is 2.37 bits per heavy atom. The average molecular weight is 280 g/mol. The highest BCUT2D eigenvalue weighted by Gasteiger charge is 2.34. The first kappa shape index (κ1) is 13.7. The van der Waals surface area contributed by atoms with E-state index in [1.165, 1.54) is 0 Å². The minimum absolute atomic E-state index is 0.105. The largest absolute Gasteiger partial charge is 0.489 e. The second-order valence-corrected chi connectivity index (χ2v) is 4.99. The topological polar surface area (TPSA) is 79.3 Å². The summed E-state index contributed by atoms with van der Waals surface area (Å²) in [5, 5.41) is 9.15. The monoisotopic (exact) mass is 279 g/mol. The molecule has 1 aromatic rings. The molecule has 2 rings (SSSR count). The fraction of sp³-hybridized carbons (Fsp3) is 0.385. The molecule has 100 valence electrons. The van der Waals surface area contributed by atoms with Crippen LogP contribution in [-0.4, -0.2) is 36.5 Å². The van der Waals surface area contributed by atoms with Crippen molar-refractivity contribution < 1.29 is 9.53 Å². The van der Waals surface area contributed by atoms with E-state index in [1.807, 2.05) is 18.0 Å². The van der Waals surface area contributed by atoms with Gasteiger partial charge in [0, 0.05) is 19.0 Å². The smallest absolute Gasteiger partial charge is 0.234 e. The Kier molecular flexibility index (Phi) is 3.93. The summed E-state index contributed by atoms with van der Waals surface area (Å²) in [7, 11) is 1.84. The van der Waals surface area contributed by atoms with Crippen LogP contribution in [0.25, 0.3) is 0 Å². The van der Waals surface area contributed by atoms with Gasteiger partial charge in [0.1, 0.15) is 17.9 Å². The van der Waals surface area contributed by atoms with Crippen LogP contribution in [0.15, 0.2) is 18.2 Å². The first-order chi connectivity index (χ1) is 9.01. The SMILES string of the molecule is CN1CC(Oc2ccc(C#N)c(Cl)c2)CC1C(N)=O. The standard InChI is InChI=1S/C13H14ClN3O2/c1-17-7-10(5-12(17)13(16)18)19-9-3-2-8(6-15)11(14)4-9/h2-4,10,12H,5,7H2,1H3,(H2,16,18). The van der Waals surface area contributed by atoms with Crippen molar-refractivity contribution in [3.8, 4) is 11.8 Å². The molecule has 1 heterocycles. The molecule has 1 aromatic carbocycles. The Morgan fingerprint density at radius 1 is 1.63 bits per heavy atom. The van der Waals surface area contributed by atoms with Crippen molar-refractivity contribution in [2.75, 3.05) is 13.6 Å². The van der Waals surface area contributed by atoms with E-state index in [1.54, 1.807) is 18.2 Å². The summed E-state index contributed by atoms with van der Waals surface area (Å²) in [6.07, 6.45) is 0.454. The van der Waals surface area contributed by atoms with E-state index < -0.39 is 0 Å². The fourth-order valence-corrected chi connectivity index (χ4v) is 2.44. The lowest BCUT2D eigenvalue weighted by Crippen LogP contribution is -2.37. The zero-order valence-electron chi connectivity index (χ0n) is 10.5. The number of nitrogens with zero attached hydrogens (tertiary/aromatic N) is 2. The van der Waals surface area contributed by atoms with Gasteiger partial charge >= 0.3 is 0 Å². The lowest BCUT2D eigenvalue weighted by molar-refractivity contribution is -0.121. The Bertz CT molecular complexity index is 541. The number of carbonyl (C=O) groups excluding carboxylic acids is 1. The van der Waals surface area contributed by atoms with E-state index in [-0.39, 0.29) is 18.1 Å². The number of halogens is 1. The molecule has 1 amide bonds. The maximum absolute atomic E-state index is 11.2. The van der Waals surface area contributed by atoms with Crippen LogP contribution in [0, 0.1) is 11.3 Å². The lowest BCUT2D eigenvalue weighted by Gasteiger charge is -2.14. The zero-order valence-corrected chi connectivity index (χ0v) is 11.2. The van der Waals surface area contributed by atoms with Crippen molar-refractivity contribution >= 4 is 17.5 Å². The van der Waals surface area contributed by atoms with Crippen molar-refractivity contribution in [2.24, 2.45) is 5.73 Å². The molecule has 2 atom stereocenters. The number of nitriles is 1. The number of likely N-dealkylation sites (tertiary alicyclic amines) is 1. The van der Waals surface area contributed by atoms with Crippen molar-refractivity contribution in [2.45, 2.75) is 18.6 Å². The number of amides is 1. The third kappa shape index (κ3) is 2.98. The highest BCUT2D eigenvalue weighted by molar-refractivity contribution is 6.31. The molecule has 6 heteroatoms. The van der Waals surface area contributed by atoms with Gasteiger partial charge in [0.25, 0.3) is 0 Å². The van der Waals surface area contributed by atoms with Crippen molar-refractivity contribution in [3.63, 3.8) is 0 Å². The van der Waals surface area contributed by atoms with E-state index in [4.69, 9.17) is 27.3 Å². The average Bonchev–Trinajstić information content (AvgIpc) is 2.70. The van der Waals surface area contributed by atoms with E-state index in [2.05, 4.69) is 0 Å². The molecule has 1 fully saturated rings. The predicted molar refractivity (Wildman–Crippen MR) is 70.8 cm³/mol. The number of rotatable bonds is 3. The van der Waals surface area contributed by atoms with Crippen LogP contribution in [0.3, 0.4) is 0 Å². The molecule has 0 radical (unpaired) electrons. The number of carbonyl (C=O) groups is 1. The Labute approximate surface area is 116 Å². The predicted octanol–water partition coefficient (Wildman–Crippen LogP) is 1.15. The molecule has 0 spiro atoms. The maximum atomic E-state index is 11.2. The van der Waals surface area contributed by atoms with Crippen molar-refractivity contribution in [1.82, 2.24) is 4.90 Å². The Balaban J connectivity index is 2.05. The molecule has 19 heavy (non-hydrogen) atoms.